The molecule has 3 aromatic rings. The second-order valence-corrected chi connectivity index (χ2v) is 7.32. The Hall–Kier alpha value is -3.13. The lowest BCUT2D eigenvalue weighted by molar-refractivity contribution is -0.123. The van der Waals surface area contributed by atoms with Crippen LogP contribution in [-0.4, -0.2) is 27.3 Å². The molecule has 0 aliphatic carbocycles. The van der Waals surface area contributed by atoms with E-state index in [4.69, 9.17) is 4.74 Å². The number of hydrogen-bond donors (Lipinski definition) is 1. The maximum Gasteiger partial charge on any atom is 0.349 e. The zero-order valence-corrected chi connectivity index (χ0v) is 16.9. The number of carbonyl (C=O) groups excluding carboxylic acids is 2. The molecular weight excluding hydrogens is 378 g/mol. The highest BCUT2D eigenvalue weighted by atomic mass is 32.1. The molecule has 0 spiro atoms. The summed E-state index contributed by atoms with van der Waals surface area (Å²) in [6.45, 7) is 5.02. The summed E-state index contributed by atoms with van der Waals surface area (Å²) in [5, 5.41) is 4.40. The fourth-order valence-electron chi connectivity index (χ4n) is 2.79. The first-order chi connectivity index (χ1) is 13.3. The average molecular weight is 399 g/mol. The van der Waals surface area contributed by atoms with Crippen LogP contribution in [0.4, 0.5) is 5.69 Å². The molecule has 1 atom stereocenters. The number of esters is 1. The van der Waals surface area contributed by atoms with E-state index in [0.29, 0.717) is 16.3 Å². The highest BCUT2D eigenvalue weighted by Crippen LogP contribution is 2.18. The van der Waals surface area contributed by atoms with Crippen molar-refractivity contribution in [3.63, 3.8) is 0 Å². The molecule has 28 heavy (non-hydrogen) atoms. The van der Waals surface area contributed by atoms with Crippen LogP contribution in [-0.2, 0) is 16.6 Å². The maximum absolute atomic E-state index is 12.8. The number of benzene rings is 1. The molecule has 1 aromatic carbocycles. The number of anilines is 1. The Morgan fingerprint density at radius 3 is 2.43 bits per heavy atom. The third-order valence-electron chi connectivity index (χ3n) is 4.50. The van der Waals surface area contributed by atoms with Crippen molar-refractivity contribution in [2.24, 2.45) is 7.05 Å². The molecule has 8 heteroatoms. The fraction of sp³-hybridized carbons (Fsp3) is 0.250. The molecule has 0 saturated carbocycles. The first-order valence-corrected chi connectivity index (χ1v) is 9.59. The summed E-state index contributed by atoms with van der Waals surface area (Å²) in [6, 6.07) is 10.9. The van der Waals surface area contributed by atoms with Gasteiger partial charge >= 0.3 is 5.97 Å². The number of para-hydroxylation sites is 1. The van der Waals surface area contributed by atoms with E-state index in [9.17, 15) is 14.4 Å². The van der Waals surface area contributed by atoms with E-state index in [1.807, 2.05) is 24.3 Å². The number of nitrogens with zero attached hydrogens (tertiary/aromatic N) is 2. The summed E-state index contributed by atoms with van der Waals surface area (Å²) in [5.41, 5.74) is 1.88. The number of aryl methyl sites for hydroxylation is 1. The third-order valence-corrected chi connectivity index (χ3v) is 5.50. The lowest BCUT2D eigenvalue weighted by Crippen LogP contribution is -2.32. The smallest absolute Gasteiger partial charge is 0.349 e. The van der Waals surface area contributed by atoms with E-state index in [0.717, 1.165) is 5.56 Å². The lowest BCUT2D eigenvalue weighted by atomic mass is 10.3. The SMILES string of the molecule is Cc1ccsc1C(=O)O[C@@H](C)C(=O)Nc1c(C)n(C)n(-c2ccccc2)c1=O. The number of amides is 1. The van der Waals surface area contributed by atoms with Gasteiger partial charge in [0.25, 0.3) is 11.5 Å². The van der Waals surface area contributed by atoms with Gasteiger partial charge in [-0.05, 0) is 49.9 Å². The summed E-state index contributed by atoms with van der Waals surface area (Å²) in [7, 11) is 1.74. The Labute approximate surface area is 166 Å². The van der Waals surface area contributed by atoms with Gasteiger partial charge < -0.3 is 10.1 Å². The quantitative estimate of drug-likeness (QED) is 0.669. The summed E-state index contributed by atoms with van der Waals surface area (Å²) in [6.07, 6.45) is -1.04. The van der Waals surface area contributed by atoms with E-state index in [-0.39, 0.29) is 11.2 Å². The third kappa shape index (κ3) is 3.63. The van der Waals surface area contributed by atoms with Crippen LogP contribution in [0.5, 0.6) is 0 Å². The molecule has 2 heterocycles. The van der Waals surface area contributed by atoms with Gasteiger partial charge in [0, 0.05) is 7.05 Å². The van der Waals surface area contributed by atoms with E-state index in [1.165, 1.54) is 22.9 Å². The second kappa shape index (κ2) is 7.85. The van der Waals surface area contributed by atoms with E-state index in [1.54, 1.807) is 43.1 Å². The first-order valence-electron chi connectivity index (χ1n) is 8.71. The van der Waals surface area contributed by atoms with Crippen LogP contribution in [0.25, 0.3) is 5.69 Å². The Balaban J connectivity index is 1.80. The predicted molar refractivity (Wildman–Crippen MR) is 108 cm³/mol. The van der Waals surface area contributed by atoms with Crippen LogP contribution in [0.15, 0.2) is 46.6 Å². The van der Waals surface area contributed by atoms with Gasteiger partial charge in [-0.1, -0.05) is 18.2 Å². The van der Waals surface area contributed by atoms with Crippen molar-refractivity contribution in [1.29, 1.82) is 0 Å². The number of thiophene rings is 1. The molecule has 146 valence electrons. The van der Waals surface area contributed by atoms with E-state index >= 15 is 0 Å². The van der Waals surface area contributed by atoms with E-state index in [2.05, 4.69) is 5.32 Å². The fourth-order valence-corrected chi connectivity index (χ4v) is 3.59. The Morgan fingerprint density at radius 2 is 1.82 bits per heavy atom. The van der Waals surface area contributed by atoms with Gasteiger partial charge in [-0.25, -0.2) is 9.48 Å². The molecule has 7 nitrogen and oxygen atoms in total. The first kappa shape index (κ1) is 19.6. The molecule has 0 aliphatic rings. The van der Waals surface area contributed by atoms with Crippen molar-refractivity contribution in [1.82, 2.24) is 9.36 Å². The Morgan fingerprint density at radius 1 is 1.14 bits per heavy atom. The van der Waals surface area contributed by atoms with Crippen molar-refractivity contribution in [3.8, 4) is 5.69 Å². The number of rotatable bonds is 5. The van der Waals surface area contributed by atoms with Crippen molar-refractivity contribution < 1.29 is 14.3 Å². The van der Waals surface area contributed by atoms with Gasteiger partial charge in [0.15, 0.2) is 6.10 Å². The van der Waals surface area contributed by atoms with Crippen LogP contribution < -0.4 is 10.9 Å². The van der Waals surface area contributed by atoms with Gasteiger partial charge in [0.2, 0.25) is 0 Å². The molecule has 3 rings (SSSR count). The zero-order chi connectivity index (χ0) is 20.4. The van der Waals surface area contributed by atoms with Crippen LogP contribution in [0.3, 0.4) is 0 Å². The predicted octanol–water partition coefficient (Wildman–Crippen LogP) is 3.04. The minimum absolute atomic E-state index is 0.159. The van der Waals surface area contributed by atoms with Crippen molar-refractivity contribution in [2.45, 2.75) is 26.9 Å². The van der Waals surface area contributed by atoms with Crippen LogP contribution in [0.1, 0.15) is 27.9 Å². The number of hydrogen-bond acceptors (Lipinski definition) is 5. The average Bonchev–Trinajstić information content (AvgIpc) is 3.19. The van der Waals surface area contributed by atoms with Crippen LogP contribution in [0.2, 0.25) is 0 Å². The van der Waals surface area contributed by atoms with Gasteiger partial charge in [-0.2, -0.15) is 0 Å². The topological polar surface area (TPSA) is 82.3 Å². The largest absolute Gasteiger partial charge is 0.448 e. The molecular formula is C20H21N3O4S. The minimum atomic E-state index is -1.04. The highest BCUT2D eigenvalue weighted by molar-refractivity contribution is 7.12. The molecule has 1 N–H and O–H groups in total. The molecule has 0 unspecified atom stereocenters. The normalized spacial score (nSPS) is 11.9. The molecule has 0 saturated heterocycles. The monoisotopic (exact) mass is 399 g/mol. The number of ether oxygens (including phenoxy) is 1. The number of carbonyl (C=O) groups is 2. The number of aromatic nitrogens is 2. The molecule has 0 aliphatic heterocycles. The summed E-state index contributed by atoms with van der Waals surface area (Å²) < 4.78 is 8.39. The lowest BCUT2D eigenvalue weighted by Gasteiger charge is -2.12. The van der Waals surface area contributed by atoms with Crippen molar-refractivity contribution >= 4 is 28.9 Å². The summed E-state index contributed by atoms with van der Waals surface area (Å²) in [4.78, 5) is 38.0. The molecule has 2 aromatic heterocycles. The minimum Gasteiger partial charge on any atom is -0.448 e. The van der Waals surface area contributed by atoms with Crippen molar-refractivity contribution in [2.75, 3.05) is 5.32 Å². The zero-order valence-electron chi connectivity index (χ0n) is 16.1. The summed E-state index contributed by atoms with van der Waals surface area (Å²) in [5.74, 6) is -1.12. The maximum atomic E-state index is 12.8. The van der Waals surface area contributed by atoms with Crippen molar-refractivity contribution in [3.05, 3.63) is 68.3 Å². The second-order valence-electron chi connectivity index (χ2n) is 6.41. The van der Waals surface area contributed by atoms with Gasteiger partial charge in [-0.15, -0.1) is 11.3 Å². The Kier molecular flexibility index (Phi) is 5.51. The number of nitrogens with one attached hydrogen (secondary N) is 1. The standard InChI is InChI=1S/C20H21N3O4S/c1-12-10-11-28-17(12)20(26)27-14(3)18(24)21-16-13(2)22(4)23(19(16)25)15-8-6-5-7-9-15/h5-11,14H,1-4H3,(H,21,24)/t14-/m0/s1. The van der Waals surface area contributed by atoms with Crippen LogP contribution in [0, 0.1) is 13.8 Å². The van der Waals surface area contributed by atoms with E-state index < -0.39 is 18.0 Å². The Bertz CT molecular complexity index is 1080. The molecule has 0 bridgehead atoms. The summed E-state index contributed by atoms with van der Waals surface area (Å²) >= 11 is 1.26. The van der Waals surface area contributed by atoms with Gasteiger partial charge in [-0.3, -0.25) is 14.3 Å². The van der Waals surface area contributed by atoms with Gasteiger partial charge in [0.05, 0.1) is 11.4 Å². The molecule has 1 amide bonds. The highest BCUT2D eigenvalue weighted by Gasteiger charge is 2.24. The van der Waals surface area contributed by atoms with Gasteiger partial charge in [0.1, 0.15) is 10.6 Å². The van der Waals surface area contributed by atoms with Crippen LogP contribution >= 0.6 is 11.3 Å². The molecule has 0 radical (unpaired) electrons. The molecule has 0 fully saturated rings.